The molecule has 11 heteroatoms. The number of piperidine rings is 1. The molecule has 0 N–H and O–H groups in total. The monoisotopic (exact) mass is 552 g/mol. The van der Waals surface area contributed by atoms with Gasteiger partial charge in [-0.25, -0.2) is 9.78 Å². The molecule has 3 rings (SSSR count). The van der Waals surface area contributed by atoms with Gasteiger partial charge in [-0.3, -0.25) is 9.59 Å². The normalized spacial score (nSPS) is 18.9. The van der Waals surface area contributed by atoms with E-state index in [0.717, 1.165) is 21.4 Å². The molecule has 170 valence electrons. The van der Waals surface area contributed by atoms with Crippen LogP contribution in [0.15, 0.2) is 22.7 Å². The average molecular weight is 554 g/mol. The van der Waals surface area contributed by atoms with E-state index < -0.39 is 16.1 Å². The maximum Gasteiger partial charge on any atom is 0.410 e. The maximum absolute atomic E-state index is 12.3. The molecule has 0 radical (unpaired) electrons. The molecule has 1 saturated heterocycles. The van der Waals surface area contributed by atoms with Gasteiger partial charge in [0.15, 0.2) is 0 Å². The molecule has 0 aliphatic carbocycles. The van der Waals surface area contributed by atoms with E-state index in [9.17, 15) is 14.4 Å². The lowest BCUT2D eigenvalue weighted by atomic mass is 9.94. The van der Waals surface area contributed by atoms with Crippen molar-refractivity contribution in [3.8, 4) is 0 Å². The zero-order valence-electron chi connectivity index (χ0n) is 17.5. The summed E-state index contributed by atoms with van der Waals surface area (Å²) >= 11 is 14.2. The van der Waals surface area contributed by atoms with Crippen molar-refractivity contribution >= 4 is 77.3 Å². The zero-order valence-corrected chi connectivity index (χ0v) is 21.4. The summed E-state index contributed by atoms with van der Waals surface area (Å²) in [6.07, 6.45) is 0.463. The summed E-state index contributed by atoms with van der Waals surface area (Å²) in [5.74, 6) is 0.194. The first-order valence-corrected chi connectivity index (χ1v) is 11.7. The first-order valence-electron chi connectivity index (χ1n) is 9.37. The van der Waals surface area contributed by atoms with Crippen molar-refractivity contribution < 1.29 is 23.9 Å². The highest BCUT2D eigenvalue weighted by molar-refractivity contribution is 9.10. The fourth-order valence-corrected chi connectivity index (χ4v) is 4.49. The molecular weight excluding hydrogens is 531 g/mol. The van der Waals surface area contributed by atoms with Crippen LogP contribution in [0.2, 0.25) is 0 Å². The number of ether oxygens (including phenoxy) is 2. The Hall–Kier alpha value is -1.26. The van der Waals surface area contributed by atoms with Crippen LogP contribution in [0.5, 0.6) is 0 Å². The Balaban J connectivity index is 0.000000501. The van der Waals surface area contributed by atoms with E-state index in [0.29, 0.717) is 13.1 Å². The van der Waals surface area contributed by atoms with E-state index >= 15 is 0 Å². The summed E-state index contributed by atoms with van der Waals surface area (Å²) in [7, 11) is 1.69. The fourth-order valence-electron chi connectivity index (χ4n) is 3.01. The molecule has 1 aromatic heterocycles. The summed E-state index contributed by atoms with van der Waals surface area (Å²) < 4.78 is 13.4. The Labute approximate surface area is 203 Å². The SMILES string of the molecule is COC1CN(C(=O)OC(C)(C)C)CCC1c1nc2cc(Br)ccc2s1.O=C(Cl)C(=O)Cl. The quantitative estimate of drug-likeness (QED) is 0.378. The standard InChI is InChI=1S/C18H23BrN2O3S.C2Cl2O2/c1-18(2,3)24-17(22)21-8-7-12(14(10-21)23-4)16-20-13-9-11(19)5-6-15(13)25-16;3-1(5)2(4)6/h5-6,9,12,14H,7-8,10H2,1-4H3;. The molecule has 2 unspecified atom stereocenters. The number of thiazole rings is 1. The van der Waals surface area contributed by atoms with E-state index in [2.05, 4.69) is 45.2 Å². The van der Waals surface area contributed by atoms with Crippen molar-refractivity contribution in [2.75, 3.05) is 20.2 Å². The molecule has 0 spiro atoms. The molecule has 0 bridgehead atoms. The topological polar surface area (TPSA) is 85.8 Å². The number of nitrogens with zero attached hydrogens (tertiary/aromatic N) is 2. The second-order valence-electron chi connectivity index (χ2n) is 7.81. The summed E-state index contributed by atoms with van der Waals surface area (Å²) in [5, 5.41) is -1.21. The summed E-state index contributed by atoms with van der Waals surface area (Å²) in [6.45, 7) is 6.81. The average Bonchev–Trinajstić information content (AvgIpc) is 3.09. The molecular formula is C20H23BrCl2N2O5S. The third kappa shape index (κ3) is 7.68. The summed E-state index contributed by atoms with van der Waals surface area (Å²) in [4.78, 5) is 37.7. The van der Waals surface area contributed by atoms with Crippen molar-refractivity contribution in [1.82, 2.24) is 9.88 Å². The number of aromatic nitrogens is 1. The van der Waals surface area contributed by atoms with Gasteiger partial charge in [-0.15, -0.1) is 11.3 Å². The van der Waals surface area contributed by atoms with Crippen LogP contribution in [0, 0.1) is 0 Å². The van der Waals surface area contributed by atoms with Gasteiger partial charge in [0, 0.05) is 24.0 Å². The molecule has 1 aliphatic heterocycles. The van der Waals surface area contributed by atoms with Crippen LogP contribution >= 0.6 is 50.5 Å². The maximum atomic E-state index is 12.3. The molecule has 7 nitrogen and oxygen atoms in total. The number of hydrogen-bond donors (Lipinski definition) is 0. The Bertz CT molecular complexity index is 951. The Morgan fingerprint density at radius 3 is 2.42 bits per heavy atom. The van der Waals surface area contributed by atoms with Gasteiger partial charge in [0.2, 0.25) is 0 Å². The van der Waals surface area contributed by atoms with Crippen molar-refractivity contribution in [1.29, 1.82) is 0 Å². The number of fused-ring (bicyclic) bond motifs is 1. The van der Waals surface area contributed by atoms with Crippen LogP contribution in [0.3, 0.4) is 0 Å². The molecule has 0 saturated carbocycles. The van der Waals surface area contributed by atoms with Gasteiger partial charge in [-0.05, 0) is 68.6 Å². The van der Waals surface area contributed by atoms with Crippen LogP contribution in [-0.2, 0) is 19.1 Å². The Morgan fingerprint density at radius 2 is 1.87 bits per heavy atom. The molecule has 2 heterocycles. The number of carbonyl (C=O) groups excluding carboxylic acids is 3. The van der Waals surface area contributed by atoms with Gasteiger partial charge in [-0.2, -0.15) is 0 Å². The predicted octanol–water partition coefficient (Wildman–Crippen LogP) is 5.32. The highest BCUT2D eigenvalue weighted by atomic mass is 79.9. The lowest BCUT2D eigenvalue weighted by Crippen LogP contribution is -2.48. The summed E-state index contributed by atoms with van der Waals surface area (Å²) in [5.41, 5.74) is 0.510. The van der Waals surface area contributed by atoms with E-state index in [1.165, 1.54) is 4.70 Å². The molecule has 31 heavy (non-hydrogen) atoms. The third-order valence-electron chi connectivity index (χ3n) is 4.35. The number of halogens is 3. The van der Waals surface area contributed by atoms with E-state index in [-0.39, 0.29) is 18.1 Å². The van der Waals surface area contributed by atoms with Crippen LogP contribution < -0.4 is 0 Å². The predicted molar refractivity (Wildman–Crippen MR) is 125 cm³/mol. The van der Waals surface area contributed by atoms with Crippen molar-refractivity contribution in [2.45, 2.75) is 44.8 Å². The van der Waals surface area contributed by atoms with Crippen LogP contribution in [0.4, 0.5) is 4.79 Å². The zero-order chi connectivity index (χ0) is 23.3. The van der Waals surface area contributed by atoms with Gasteiger partial charge in [0.1, 0.15) is 5.60 Å². The minimum Gasteiger partial charge on any atom is -0.444 e. The van der Waals surface area contributed by atoms with Gasteiger partial charge >= 0.3 is 16.6 Å². The molecule has 2 atom stereocenters. The van der Waals surface area contributed by atoms with Crippen molar-refractivity contribution in [3.05, 3.63) is 27.7 Å². The van der Waals surface area contributed by atoms with E-state index in [1.54, 1.807) is 23.3 Å². The third-order valence-corrected chi connectivity index (χ3v) is 6.45. The number of methoxy groups -OCH3 is 1. The van der Waals surface area contributed by atoms with Gasteiger partial charge < -0.3 is 14.4 Å². The minimum absolute atomic E-state index is 0.0785. The number of rotatable bonds is 3. The van der Waals surface area contributed by atoms with Gasteiger partial charge in [0.05, 0.1) is 27.9 Å². The smallest absolute Gasteiger partial charge is 0.410 e. The lowest BCUT2D eigenvalue weighted by molar-refractivity contribution is -0.127. The first kappa shape index (κ1) is 26.0. The number of likely N-dealkylation sites (tertiary alicyclic amines) is 1. The highest BCUT2D eigenvalue weighted by Gasteiger charge is 2.36. The van der Waals surface area contributed by atoms with Crippen LogP contribution in [0.25, 0.3) is 10.2 Å². The fraction of sp³-hybridized carbons (Fsp3) is 0.500. The van der Waals surface area contributed by atoms with Gasteiger partial charge in [-0.1, -0.05) is 15.9 Å². The number of benzene rings is 1. The molecule has 1 aromatic carbocycles. The highest BCUT2D eigenvalue weighted by Crippen LogP contribution is 2.36. The largest absolute Gasteiger partial charge is 0.444 e. The van der Waals surface area contributed by atoms with Crippen LogP contribution in [0.1, 0.15) is 38.1 Å². The number of hydrogen-bond acceptors (Lipinski definition) is 7. The molecule has 2 aromatic rings. The van der Waals surface area contributed by atoms with Crippen molar-refractivity contribution in [2.24, 2.45) is 0 Å². The minimum atomic E-state index is -1.14. The second-order valence-corrected chi connectivity index (χ2v) is 10.5. The lowest BCUT2D eigenvalue weighted by Gasteiger charge is -2.37. The molecule has 1 aliphatic rings. The Morgan fingerprint density at radius 1 is 1.23 bits per heavy atom. The van der Waals surface area contributed by atoms with E-state index in [1.807, 2.05) is 32.9 Å². The Kier molecular flexibility index (Phi) is 9.27. The summed E-state index contributed by atoms with van der Waals surface area (Å²) in [6, 6.07) is 6.15. The number of amides is 1. The van der Waals surface area contributed by atoms with Crippen LogP contribution in [-0.4, -0.2) is 58.4 Å². The molecule has 1 fully saturated rings. The van der Waals surface area contributed by atoms with Crippen molar-refractivity contribution in [3.63, 3.8) is 0 Å². The second kappa shape index (κ2) is 11.0. The molecule has 1 amide bonds. The van der Waals surface area contributed by atoms with E-state index in [4.69, 9.17) is 14.5 Å². The number of carbonyl (C=O) groups is 3. The van der Waals surface area contributed by atoms with Gasteiger partial charge in [0.25, 0.3) is 0 Å². The first-order chi connectivity index (χ1) is 14.4.